The summed E-state index contributed by atoms with van der Waals surface area (Å²) in [4.78, 5) is 1.28. The van der Waals surface area contributed by atoms with Gasteiger partial charge in [0, 0.05) is 17.1 Å². The lowest BCUT2D eigenvalue weighted by atomic mass is 10.0. The van der Waals surface area contributed by atoms with E-state index in [1.54, 1.807) is 11.3 Å². The maximum Gasteiger partial charge on any atom is 0.0468 e. The molecule has 3 heteroatoms. The van der Waals surface area contributed by atoms with Crippen LogP contribution in [0.1, 0.15) is 37.0 Å². The number of thiophene rings is 1. The molecule has 0 unspecified atom stereocenters. The van der Waals surface area contributed by atoms with Gasteiger partial charge in [-0.05, 0) is 30.3 Å². The van der Waals surface area contributed by atoms with Crippen LogP contribution in [-0.2, 0) is 6.54 Å². The lowest BCUT2D eigenvalue weighted by Gasteiger charge is -2.09. The van der Waals surface area contributed by atoms with E-state index in [2.05, 4.69) is 10.7 Å². The summed E-state index contributed by atoms with van der Waals surface area (Å²) in [6, 6.07) is 1.98. The maximum atomic E-state index is 5.82. The molecule has 0 bridgehead atoms. The van der Waals surface area contributed by atoms with E-state index >= 15 is 0 Å². The second kappa shape index (κ2) is 5.52. The van der Waals surface area contributed by atoms with Crippen LogP contribution >= 0.6 is 11.3 Å². The molecular weight excluding hydrogens is 204 g/mol. The normalized spacial score (nSPS) is 17.3. The summed E-state index contributed by atoms with van der Waals surface area (Å²) in [5, 5.41) is 5.54. The summed E-state index contributed by atoms with van der Waals surface area (Å²) >= 11 is 1.74. The molecule has 1 fully saturated rings. The van der Waals surface area contributed by atoms with Crippen molar-refractivity contribution in [2.24, 2.45) is 5.92 Å². The first-order valence-electron chi connectivity index (χ1n) is 5.89. The Hall–Kier alpha value is -0.540. The summed E-state index contributed by atoms with van der Waals surface area (Å²) in [6.45, 7) is 2.08. The Bertz CT molecular complexity index is 290. The largest absolute Gasteiger partial charge is 0.398 e. The highest BCUT2D eigenvalue weighted by atomic mass is 32.1. The van der Waals surface area contributed by atoms with Crippen LogP contribution < -0.4 is 11.1 Å². The first kappa shape index (κ1) is 11.0. The molecule has 0 aromatic carbocycles. The van der Waals surface area contributed by atoms with Gasteiger partial charge < -0.3 is 11.1 Å². The van der Waals surface area contributed by atoms with Crippen molar-refractivity contribution in [1.82, 2.24) is 5.32 Å². The van der Waals surface area contributed by atoms with Crippen molar-refractivity contribution in [2.45, 2.75) is 38.6 Å². The third-order valence-electron chi connectivity index (χ3n) is 3.27. The minimum atomic E-state index is 0.938. The van der Waals surface area contributed by atoms with Gasteiger partial charge in [-0.2, -0.15) is 0 Å². The molecule has 1 aromatic heterocycles. The van der Waals surface area contributed by atoms with Gasteiger partial charge in [0.2, 0.25) is 0 Å². The summed E-state index contributed by atoms with van der Waals surface area (Å²) in [5.41, 5.74) is 6.75. The van der Waals surface area contributed by atoms with E-state index < -0.39 is 0 Å². The smallest absolute Gasteiger partial charge is 0.0468 e. The van der Waals surface area contributed by atoms with Crippen molar-refractivity contribution in [3.8, 4) is 0 Å². The molecular formula is C12H20N2S. The molecule has 1 aliphatic rings. The molecule has 2 rings (SSSR count). The molecule has 0 radical (unpaired) electrons. The van der Waals surface area contributed by atoms with Gasteiger partial charge in [0.1, 0.15) is 0 Å². The second-order valence-corrected chi connectivity index (χ2v) is 5.42. The van der Waals surface area contributed by atoms with Crippen molar-refractivity contribution in [3.63, 3.8) is 0 Å². The Morgan fingerprint density at radius 3 is 2.87 bits per heavy atom. The SMILES string of the molecule is Nc1ccsc1CNCCC1CCCC1. The standard InChI is InChI=1S/C12H20N2S/c13-11-6-8-15-12(11)9-14-7-5-10-3-1-2-4-10/h6,8,10,14H,1-5,7,9,13H2. The highest BCUT2D eigenvalue weighted by Crippen LogP contribution is 2.27. The van der Waals surface area contributed by atoms with E-state index in [1.165, 1.54) is 37.0 Å². The van der Waals surface area contributed by atoms with Crippen molar-refractivity contribution < 1.29 is 0 Å². The second-order valence-electron chi connectivity index (χ2n) is 4.42. The van der Waals surface area contributed by atoms with Gasteiger partial charge in [-0.3, -0.25) is 0 Å². The Labute approximate surface area is 95.9 Å². The molecule has 84 valence electrons. The number of anilines is 1. The molecule has 1 aromatic rings. The number of hydrogen-bond acceptors (Lipinski definition) is 3. The zero-order valence-electron chi connectivity index (χ0n) is 9.17. The molecule has 2 nitrogen and oxygen atoms in total. The number of nitrogen functional groups attached to an aromatic ring is 1. The van der Waals surface area contributed by atoms with E-state index in [4.69, 9.17) is 5.73 Å². The van der Waals surface area contributed by atoms with Gasteiger partial charge in [-0.15, -0.1) is 11.3 Å². The zero-order valence-corrected chi connectivity index (χ0v) is 9.98. The lowest BCUT2D eigenvalue weighted by Crippen LogP contribution is -2.16. The minimum Gasteiger partial charge on any atom is -0.398 e. The number of hydrogen-bond donors (Lipinski definition) is 2. The van der Waals surface area contributed by atoms with Crippen LogP contribution in [0.5, 0.6) is 0 Å². The van der Waals surface area contributed by atoms with Crippen molar-refractivity contribution in [2.75, 3.05) is 12.3 Å². The van der Waals surface area contributed by atoms with E-state index in [-0.39, 0.29) is 0 Å². The number of rotatable bonds is 5. The fourth-order valence-corrected chi connectivity index (χ4v) is 3.07. The molecule has 0 aliphatic heterocycles. The number of nitrogens with two attached hydrogens (primary N) is 1. The molecule has 0 atom stereocenters. The Balaban J connectivity index is 1.60. The van der Waals surface area contributed by atoms with Crippen LogP contribution in [-0.4, -0.2) is 6.54 Å². The fourth-order valence-electron chi connectivity index (χ4n) is 2.30. The van der Waals surface area contributed by atoms with E-state index in [0.29, 0.717) is 0 Å². The first-order valence-corrected chi connectivity index (χ1v) is 6.77. The van der Waals surface area contributed by atoms with Crippen LogP contribution in [0, 0.1) is 5.92 Å². The van der Waals surface area contributed by atoms with Crippen LogP contribution in [0.25, 0.3) is 0 Å². The van der Waals surface area contributed by atoms with Crippen molar-refractivity contribution in [3.05, 3.63) is 16.3 Å². The topological polar surface area (TPSA) is 38.0 Å². The average Bonchev–Trinajstić information content (AvgIpc) is 2.85. The van der Waals surface area contributed by atoms with Crippen molar-refractivity contribution >= 4 is 17.0 Å². The van der Waals surface area contributed by atoms with E-state index in [1.807, 2.05) is 6.07 Å². The molecule has 1 heterocycles. The third kappa shape index (κ3) is 3.21. The Kier molecular flexibility index (Phi) is 4.03. The summed E-state index contributed by atoms with van der Waals surface area (Å²) in [6.07, 6.45) is 7.13. The van der Waals surface area contributed by atoms with Crippen LogP contribution in [0.15, 0.2) is 11.4 Å². The van der Waals surface area contributed by atoms with Gasteiger partial charge in [-0.25, -0.2) is 0 Å². The van der Waals surface area contributed by atoms with Crippen LogP contribution in [0.4, 0.5) is 5.69 Å². The average molecular weight is 224 g/mol. The van der Waals surface area contributed by atoms with Gasteiger partial charge in [0.15, 0.2) is 0 Å². The lowest BCUT2D eigenvalue weighted by molar-refractivity contribution is 0.478. The minimum absolute atomic E-state index is 0.938. The van der Waals surface area contributed by atoms with Crippen LogP contribution in [0.3, 0.4) is 0 Å². The van der Waals surface area contributed by atoms with Gasteiger partial charge >= 0.3 is 0 Å². The first-order chi connectivity index (χ1) is 7.36. The Morgan fingerprint density at radius 2 is 2.20 bits per heavy atom. The Morgan fingerprint density at radius 1 is 1.40 bits per heavy atom. The van der Waals surface area contributed by atoms with Gasteiger partial charge in [-0.1, -0.05) is 25.7 Å². The van der Waals surface area contributed by atoms with E-state index in [9.17, 15) is 0 Å². The summed E-state index contributed by atoms with van der Waals surface area (Å²) < 4.78 is 0. The highest BCUT2D eigenvalue weighted by Gasteiger charge is 2.13. The van der Waals surface area contributed by atoms with E-state index in [0.717, 1.165) is 24.7 Å². The predicted octanol–water partition coefficient (Wildman–Crippen LogP) is 3.00. The molecule has 3 N–H and O–H groups in total. The van der Waals surface area contributed by atoms with Crippen molar-refractivity contribution in [1.29, 1.82) is 0 Å². The molecule has 15 heavy (non-hydrogen) atoms. The molecule has 0 saturated heterocycles. The molecule has 0 amide bonds. The maximum absolute atomic E-state index is 5.82. The van der Waals surface area contributed by atoms with Crippen LogP contribution in [0.2, 0.25) is 0 Å². The predicted molar refractivity (Wildman–Crippen MR) is 67.0 cm³/mol. The monoisotopic (exact) mass is 224 g/mol. The summed E-state index contributed by atoms with van der Waals surface area (Å²) in [5.74, 6) is 0.984. The highest BCUT2D eigenvalue weighted by molar-refractivity contribution is 7.10. The summed E-state index contributed by atoms with van der Waals surface area (Å²) in [7, 11) is 0. The van der Waals surface area contributed by atoms with Gasteiger partial charge in [0.25, 0.3) is 0 Å². The molecule has 1 aliphatic carbocycles. The number of nitrogens with one attached hydrogen (secondary N) is 1. The quantitative estimate of drug-likeness (QED) is 0.755. The fraction of sp³-hybridized carbons (Fsp3) is 0.667. The molecule has 1 saturated carbocycles. The molecule has 0 spiro atoms. The van der Waals surface area contributed by atoms with Gasteiger partial charge in [0.05, 0.1) is 0 Å². The zero-order chi connectivity index (χ0) is 10.5. The third-order valence-corrected chi connectivity index (χ3v) is 4.21.